The summed E-state index contributed by atoms with van der Waals surface area (Å²) in [6.07, 6.45) is 5.38. The fraction of sp³-hybridized carbons (Fsp3) is 0.217. The Hall–Kier alpha value is -3.18. The van der Waals surface area contributed by atoms with Crippen LogP contribution in [0.3, 0.4) is 0 Å². The van der Waals surface area contributed by atoms with Crippen molar-refractivity contribution in [1.82, 2.24) is 14.5 Å². The number of hydrogen-bond donors (Lipinski definition) is 0. The molecule has 0 amide bonds. The number of aromatic nitrogens is 2. The SMILES string of the molecule is C=C(C)c1ccc(Cn2cc(CN(C)C)c3c4ccoc(=O)c4ncc32)cc1. The molecule has 5 nitrogen and oxygen atoms in total. The van der Waals surface area contributed by atoms with Gasteiger partial charge in [-0.3, -0.25) is 0 Å². The van der Waals surface area contributed by atoms with Gasteiger partial charge in [-0.15, -0.1) is 0 Å². The highest BCUT2D eigenvalue weighted by Crippen LogP contribution is 2.29. The molecule has 0 saturated carbocycles. The van der Waals surface area contributed by atoms with E-state index in [9.17, 15) is 4.79 Å². The van der Waals surface area contributed by atoms with Gasteiger partial charge in [0, 0.05) is 30.1 Å². The van der Waals surface area contributed by atoms with Crippen LogP contribution >= 0.6 is 0 Å². The summed E-state index contributed by atoms with van der Waals surface area (Å²) in [5.74, 6) is 0. The van der Waals surface area contributed by atoms with Gasteiger partial charge in [-0.1, -0.05) is 36.4 Å². The van der Waals surface area contributed by atoms with Gasteiger partial charge in [0.15, 0.2) is 5.52 Å². The molecule has 0 bridgehead atoms. The number of hydrogen-bond acceptors (Lipinski definition) is 4. The van der Waals surface area contributed by atoms with Gasteiger partial charge in [0.2, 0.25) is 0 Å². The van der Waals surface area contributed by atoms with E-state index >= 15 is 0 Å². The minimum absolute atomic E-state index is 0.374. The van der Waals surface area contributed by atoms with Gasteiger partial charge < -0.3 is 13.9 Å². The van der Waals surface area contributed by atoms with Crippen LogP contribution in [0.1, 0.15) is 23.6 Å². The summed E-state index contributed by atoms with van der Waals surface area (Å²) in [5.41, 5.74) is 5.55. The molecule has 0 fully saturated rings. The smallest absolute Gasteiger partial charge is 0.362 e. The lowest BCUT2D eigenvalue weighted by Crippen LogP contribution is -2.10. The van der Waals surface area contributed by atoms with E-state index in [1.165, 1.54) is 11.8 Å². The number of rotatable bonds is 5. The monoisotopic (exact) mass is 373 g/mol. The van der Waals surface area contributed by atoms with E-state index in [0.717, 1.165) is 46.1 Å². The number of benzene rings is 1. The third-order valence-electron chi connectivity index (χ3n) is 4.93. The topological polar surface area (TPSA) is 51.3 Å². The van der Waals surface area contributed by atoms with Crippen molar-refractivity contribution in [3.8, 4) is 0 Å². The minimum Gasteiger partial charge on any atom is -0.430 e. The highest BCUT2D eigenvalue weighted by molar-refractivity contribution is 6.06. The standard InChI is InChI=1S/C23H23N3O2/c1-15(2)17-7-5-16(6-8-17)12-26-14-18(13-25(3)4)21-19-9-10-28-23(27)22(19)24-11-20(21)26/h5-11,14H,1,12-13H2,2-4H3. The lowest BCUT2D eigenvalue weighted by molar-refractivity contribution is 0.403. The molecule has 5 heteroatoms. The highest BCUT2D eigenvalue weighted by Gasteiger charge is 2.15. The van der Waals surface area contributed by atoms with Crippen LogP contribution < -0.4 is 5.63 Å². The molecular weight excluding hydrogens is 350 g/mol. The zero-order valence-corrected chi connectivity index (χ0v) is 16.4. The lowest BCUT2D eigenvalue weighted by Gasteiger charge is -2.08. The first-order valence-electron chi connectivity index (χ1n) is 9.22. The molecule has 4 rings (SSSR count). The molecule has 0 aliphatic heterocycles. The summed E-state index contributed by atoms with van der Waals surface area (Å²) in [6, 6.07) is 10.3. The van der Waals surface area contributed by atoms with Crippen LogP contribution in [0.5, 0.6) is 0 Å². The molecule has 0 saturated heterocycles. The Bertz CT molecular complexity index is 1230. The number of nitrogens with zero attached hydrogens (tertiary/aromatic N) is 3. The van der Waals surface area contributed by atoms with Gasteiger partial charge in [0.1, 0.15) is 0 Å². The van der Waals surface area contributed by atoms with Crippen LogP contribution in [0, 0.1) is 0 Å². The van der Waals surface area contributed by atoms with E-state index in [1.807, 2.05) is 27.1 Å². The van der Waals surface area contributed by atoms with Gasteiger partial charge in [0.05, 0.1) is 18.0 Å². The normalized spacial score (nSPS) is 11.6. The van der Waals surface area contributed by atoms with Gasteiger partial charge in [-0.25, -0.2) is 9.78 Å². The quantitative estimate of drug-likeness (QED) is 0.524. The van der Waals surface area contributed by atoms with E-state index in [-0.39, 0.29) is 0 Å². The summed E-state index contributed by atoms with van der Waals surface area (Å²) >= 11 is 0. The fourth-order valence-corrected chi connectivity index (χ4v) is 3.62. The Kier molecular flexibility index (Phi) is 4.61. The molecule has 1 aromatic carbocycles. The van der Waals surface area contributed by atoms with E-state index in [1.54, 1.807) is 6.20 Å². The first-order chi connectivity index (χ1) is 13.4. The van der Waals surface area contributed by atoms with Crippen LogP contribution in [0.2, 0.25) is 0 Å². The van der Waals surface area contributed by atoms with Crippen molar-refractivity contribution in [2.45, 2.75) is 20.0 Å². The molecule has 0 unspecified atom stereocenters. The molecule has 0 aliphatic carbocycles. The zero-order chi connectivity index (χ0) is 19.8. The predicted octanol–water partition coefficient (Wildman–Crippen LogP) is 4.29. The fourth-order valence-electron chi connectivity index (χ4n) is 3.62. The van der Waals surface area contributed by atoms with Crippen molar-refractivity contribution in [1.29, 1.82) is 0 Å². The Labute approximate surface area is 163 Å². The molecular formula is C23H23N3O2. The largest absolute Gasteiger partial charge is 0.430 e. The molecule has 0 radical (unpaired) electrons. The molecule has 3 aromatic heterocycles. The Balaban J connectivity index is 1.86. The second kappa shape index (κ2) is 7.09. The van der Waals surface area contributed by atoms with Crippen molar-refractivity contribution in [2.24, 2.45) is 0 Å². The second-order valence-corrected chi connectivity index (χ2v) is 7.49. The van der Waals surface area contributed by atoms with E-state index < -0.39 is 5.63 Å². The Morgan fingerprint density at radius 2 is 1.96 bits per heavy atom. The third kappa shape index (κ3) is 3.25. The third-order valence-corrected chi connectivity index (χ3v) is 4.93. The number of pyridine rings is 1. The van der Waals surface area contributed by atoms with Crippen LogP contribution in [0.25, 0.3) is 27.4 Å². The molecule has 28 heavy (non-hydrogen) atoms. The van der Waals surface area contributed by atoms with Crippen LogP contribution in [-0.2, 0) is 13.1 Å². The second-order valence-electron chi connectivity index (χ2n) is 7.49. The maximum absolute atomic E-state index is 12.1. The van der Waals surface area contributed by atoms with Gasteiger partial charge in [0.25, 0.3) is 0 Å². The summed E-state index contributed by atoms with van der Waals surface area (Å²) in [4.78, 5) is 18.6. The van der Waals surface area contributed by atoms with Crippen molar-refractivity contribution in [3.05, 3.63) is 82.7 Å². The summed E-state index contributed by atoms with van der Waals surface area (Å²) in [5, 5.41) is 1.90. The molecule has 0 N–H and O–H groups in total. The van der Waals surface area contributed by atoms with Gasteiger partial charge in [-0.05, 0) is 43.8 Å². The predicted molar refractivity (Wildman–Crippen MR) is 113 cm³/mol. The van der Waals surface area contributed by atoms with E-state index in [2.05, 4.69) is 51.5 Å². The highest BCUT2D eigenvalue weighted by atomic mass is 16.4. The number of allylic oxidation sites excluding steroid dienone is 1. The molecule has 0 aliphatic rings. The summed E-state index contributed by atoms with van der Waals surface area (Å²) in [7, 11) is 4.08. The average Bonchev–Trinajstić information content (AvgIpc) is 2.99. The summed E-state index contributed by atoms with van der Waals surface area (Å²) in [6.45, 7) is 7.51. The first kappa shape index (κ1) is 18.2. The van der Waals surface area contributed by atoms with Crippen LogP contribution in [0.4, 0.5) is 0 Å². The maximum atomic E-state index is 12.1. The van der Waals surface area contributed by atoms with Crippen molar-refractivity contribution >= 4 is 27.4 Å². The Morgan fingerprint density at radius 1 is 1.21 bits per heavy atom. The van der Waals surface area contributed by atoms with Crippen LogP contribution in [0.15, 0.2) is 64.8 Å². The zero-order valence-electron chi connectivity index (χ0n) is 16.4. The Morgan fingerprint density at radius 3 is 2.64 bits per heavy atom. The van der Waals surface area contributed by atoms with E-state index in [0.29, 0.717) is 5.52 Å². The average molecular weight is 373 g/mol. The molecule has 3 heterocycles. The first-order valence-corrected chi connectivity index (χ1v) is 9.22. The van der Waals surface area contributed by atoms with Crippen molar-refractivity contribution in [2.75, 3.05) is 14.1 Å². The maximum Gasteiger partial charge on any atom is 0.362 e. The van der Waals surface area contributed by atoms with Gasteiger partial charge in [-0.2, -0.15) is 0 Å². The van der Waals surface area contributed by atoms with Gasteiger partial charge >= 0.3 is 5.63 Å². The number of fused-ring (bicyclic) bond motifs is 3. The molecule has 4 aromatic rings. The lowest BCUT2D eigenvalue weighted by atomic mass is 10.1. The molecule has 0 atom stereocenters. The van der Waals surface area contributed by atoms with E-state index in [4.69, 9.17) is 4.42 Å². The minimum atomic E-state index is -0.404. The molecule has 0 spiro atoms. The van der Waals surface area contributed by atoms with Crippen molar-refractivity contribution < 1.29 is 4.42 Å². The van der Waals surface area contributed by atoms with Crippen LogP contribution in [-0.4, -0.2) is 28.5 Å². The van der Waals surface area contributed by atoms with Crippen molar-refractivity contribution in [3.63, 3.8) is 0 Å². The molecule has 142 valence electrons. The summed E-state index contributed by atoms with van der Waals surface area (Å²) < 4.78 is 7.20.